The van der Waals surface area contributed by atoms with Crippen molar-refractivity contribution >= 4 is 46.0 Å². The Morgan fingerprint density at radius 1 is 0.929 bits per heavy atom. The molecule has 0 aliphatic carbocycles. The zero-order valence-corrected chi connectivity index (χ0v) is 24.1. The number of hydrogen-bond acceptors (Lipinski definition) is 6. The molecule has 0 radical (unpaired) electrons. The molecule has 4 aliphatic rings. The van der Waals surface area contributed by atoms with Crippen LogP contribution in [-0.2, 0) is 25.5 Å². The fraction of sp³-hybridized carbons (Fsp3) is 0.324. The molecule has 0 bridgehead atoms. The molecule has 2 saturated heterocycles. The predicted octanol–water partition coefficient (Wildman–Crippen LogP) is 4.15. The molecule has 1 N–H and O–H groups in total. The van der Waals surface area contributed by atoms with Gasteiger partial charge in [0.25, 0.3) is 5.91 Å². The second-order valence-electron chi connectivity index (χ2n) is 11.7. The zero-order valence-electron chi connectivity index (χ0n) is 23.3. The molecular formula is C34H32N2O5S. The van der Waals surface area contributed by atoms with E-state index in [0.717, 1.165) is 22.0 Å². The van der Waals surface area contributed by atoms with Gasteiger partial charge in [-0.05, 0) is 47.9 Å². The highest BCUT2D eigenvalue weighted by Crippen LogP contribution is 2.65. The Balaban J connectivity index is 1.37. The van der Waals surface area contributed by atoms with Gasteiger partial charge in [0.15, 0.2) is 0 Å². The van der Waals surface area contributed by atoms with Crippen molar-refractivity contribution < 1.29 is 24.2 Å². The van der Waals surface area contributed by atoms with Crippen LogP contribution >= 0.6 is 11.8 Å². The minimum atomic E-state index is -1.01. The van der Waals surface area contributed by atoms with Crippen LogP contribution in [-0.4, -0.2) is 69.1 Å². The maximum atomic E-state index is 14.9. The summed E-state index contributed by atoms with van der Waals surface area (Å²) in [5.41, 5.74) is 1.69. The number of rotatable bonds is 5. The third kappa shape index (κ3) is 4.03. The average molecular weight is 581 g/mol. The smallest absolute Gasteiger partial charge is 0.311 e. The summed E-state index contributed by atoms with van der Waals surface area (Å²) >= 11 is 1.51. The fourth-order valence-corrected chi connectivity index (χ4v) is 9.54. The Bertz CT molecular complexity index is 1640. The van der Waals surface area contributed by atoms with Crippen molar-refractivity contribution in [3.05, 3.63) is 103 Å². The number of likely N-dealkylation sites (tertiary alicyclic amines) is 1. The third-order valence-electron chi connectivity index (χ3n) is 9.21. The number of aliphatic hydroxyl groups is 1. The van der Waals surface area contributed by atoms with Crippen LogP contribution in [0, 0.1) is 11.8 Å². The van der Waals surface area contributed by atoms with Gasteiger partial charge >= 0.3 is 5.97 Å². The molecule has 0 aromatic heterocycles. The van der Waals surface area contributed by atoms with Crippen LogP contribution in [0.5, 0.6) is 0 Å². The van der Waals surface area contributed by atoms with Crippen molar-refractivity contribution in [3.8, 4) is 0 Å². The second-order valence-corrected chi connectivity index (χ2v) is 13.5. The summed E-state index contributed by atoms with van der Waals surface area (Å²) in [5.74, 6) is -2.51. The summed E-state index contributed by atoms with van der Waals surface area (Å²) in [6, 6.07) is 22.0. The van der Waals surface area contributed by atoms with Crippen LogP contribution in [0.15, 0.2) is 97.1 Å². The highest BCUT2D eigenvalue weighted by molar-refractivity contribution is 8.02. The van der Waals surface area contributed by atoms with Gasteiger partial charge in [0.05, 0.1) is 29.2 Å². The van der Waals surface area contributed by atoms with Gasteiger partial charge in [-0.2, -0.15) is 0 Å². The van der Waals surface area contributed by atoms with Crippen molar-refractivity contribution in [2.45, 2.75) is 34.9 Å². The summed E-state index contributed by atoms with van der Waals surface area (Å²) in [6.45, 7) is 2.13. The van der Waals surface area contributed by atoms with Gasteiger partial charge in [-0.3, -0.25) is 14.4 Å². The first-order valence-corrected chi connectivity index (χ1v) is 15.2. The molecule has 3 aromatic carbocycles. The minimum absolute atomic E-state index is 0.157. The molecule has 4 aliphatic heterocycles. The van der Waals surface area contributed by atoms with Crippen molar-refractivity contribution in [1.82, 2.24) is 4.90 Å². The third-order valence-corrected chi connectivity index (χ3v) is 11.0. The summed E-state index contributed by atoms with van der Waals surface area (Å²) in [4.78, 5) is 46.3. The number of ether oxygens (including phenoxy) is 1. The fourth-order valence-electron chi connectivity index (χ4n) is 7.40. The highest BCUT2D eigenvalue weighted by atomic mass is 32.2. The lowest BCUT2D eigenvalue weighted by Crippen LogP contribution is -2.57. The van der Waals surface area contributed by atoms with Gasteiger partial charge in [0, 0.05) is 17.0 Å². The van der Waals surface area contributed by atoms with E-state index in [1.54, 1.807) is 9.80 Å². The molecule has 8 heteroatoms. The van der Waals surface area contributed by atoms with Gasteiger partial charge in [-0.15, -0.1) is 11.8 Å². The van der Waals surface area contributed by atoms with Crippen LogP contribution in [0.25, 0.3) is 10.8 Å². The van der Waals surface area contributed by atoms with Crippen LogP contribution in [0.1, 0.15) is 12.5 Å². The van der Waals surface area contributed by atoms with Gasteiger partial charge < -0.3 is 19.6 Å². The number of amides is 2. The SMILES string of the molecule is C[C@]12C=CCOC(=O)[C@H]1[C@H]1C(=O)N([C@@H](CO)Cc3ccccc3)C3C(=O)N(c4ccc5ccccc5c4)CC=C[C@@]31S2. The number of cyclic esters (lactones) is 1. The standard InChI is InChI=1S/C34H32N2O5S/c1-33-15-8-18-41-32(40)28(33)27-30(38)36(26(21-37)19-22-9-3-2-4-10-22)29-31(39)35(17-7-16-34(27,29)42-33)25-14-13-23-11-5-6-12-24(23)20-25/h2-16,20,26-29,37H,17-19,21H2,1H3/t26-,27+,28-,29?,33+,34+/m1/s1. The van der Waals surface area contributed by atoms with Gasteiger partial charge in [0.1, 0.15) is 12.6 Å². The van der Waals surface area contributed by atoms with E-state index < -0.39 is 39.4 Å². The highest BCUT2D eigenvalue weighted by Gasteiger charge is 2.74. The molecule has 3 aromatic rings. The molecule has 42 heavy (non-hydrogen) atoms. The maximum Gasteiger partial charge on any atom is 0.311 e. The molecule has 2 amide bonds. The molecule has 7 rings (SSSR count). The van der Waals surface area contributed by atoms with E-state index in [2.05, 4.69) is 0 Å². The number of thioether (sulfide) groups is 1. The molecule has 6 atom stereocenters. The largest absolute Gasteiger partial charge is 0.461 e. The Labute approximate surface area is 248 Å². The van der Waals surface area contributed by atoms with Crippen molar-refractivity contribution in [3.63, 3.8) is 0 Å². The first-order chi connectivity index (χ1) is 20.4. The van der Waals surface area contributed by atoms with E-state index in [0.29, 0.717) is 13.0 Å². The number of nitrogens with zero attached hydrogens (tertiary/aromatic N) is 2. The minimum Gasteiger partial charge on any atom is -0.461 e. The van der Waals surface area contributed by atoms with Crippen molar-refractivity contribution in [2.24, 2.45) is 11.8 Å². The van der Waals surface area contributed by atoms with Crippen LogP contribution < -0.4 is 4.90 Å². The molecule has 4 heterocycles. The van der Waals surface area contributed by atoms with E-state index >= 15 is 0 Å². The predicted molar refractivity (Wildman–Crippen MR) is 163 cm³/mol. The van der Waals surface area contributed by atoms with E-state index in [1.807, 2.05) is 104 Å². The van der Waals surface area contributed by atoms with Crippen LogP contribution in [0.2, 0.25) is 0 Å². The quantitative estimate of drug-likeness (QED) is 0.361. The summed E-state index contributed by atoms with van der Waals surface area (Å²) in [5, 5.41) is 12.8. The van der Waals surface area contributed by atoms with Crippen molar-refractivity contribution in [1.29, 1.82) is 0 Å². The van der Waals surface area contributed by atoms with E-state index in [9.17, 15) is 19.5 Å². The van der Waals surface area contributed by atoms with Gasteiger partial charge in [0.2, 0.25) is 5.91 Å². The Hall–Kier alpha value is -3.88. The van der Waals surface area contributed by atoms with Gasteiger partial charge in [-0.25, -0.2) is 0 Å². The molecule has 7 nitrogen and oxygen atoms in total. The topological polar surface area (TPSA) is 87.1 Å². The molecule has 1 unspecified atom stereocenters. The molecular weight excluding hydrogens is 548 g/mol. The number of esters is 1. The zero-order chi connectivity index (χ0) is 29.1. The lowest BCUT2D eigenvalue weighted by molar-refractivity contribution is -0.153. The van der Waals surface area contributed by atoms with E-state index in [4.69, 9.17) is 4.74 Å². The first kappa shape index (κ1) is 27.0. The Kier molecular flexibility index (Phi) is 6.51. The number of anilines is 1. The number of benzene rings is 3. The molecule has 2 fully saturated rings. The maximum absolute atomic E-state index is 14.9. The van der Waals surface area contributed by atoms with E-state index in [1.165, 1.54) is 11.8 Å². The first-order valence-electron chi connectivity index (χ1n) is 14.4. The summed E-state index contributed by atoms with van der Waals surface area (Å²) in [6.07, 6.45) is 8.12. The number of aliphatic hydroxyl groups excluding tert-OH is 1. The second kappa shape index (κ2) is 10.1. The lowest BCUT2D eigenvalue weighted by Gasteiger charge is -2.39. The summed E-state index contributed by atoms with van der Waals surface area (Å²) < 4.78 is 3.81. The van der Waals surface area contributed by atoms with Crippen LogP contribution in [0.3, 0.4) is 0 Å². The Morgan fingerprint density at radius 2 is 1.69 bits per heavy atom. The lowest BCUT2D eigenvalue weighted by atomic mass is 9.75. The number of fused-ring (bicyclic) bond motifs is 3. The normalized spacial score (nSPS) is 30.9. The number of hydrogen-bond donors (Lipinski definition) is 1. The van der Waals surface area contributed by atoms with Crippen molar-refractivity contribution in [2.75, 3.05) is 24.7 Å². The monoisotopic (exact) mass is 580 g/mol. The molecule has 0 saturated carbocycles. The van der Waals surface area contributed by atoms with Gasteiger partial charge in [-0.1, -0.05) is 78.9 Å². The Morgan fingerprint density at radius 3 is 2.48 bits per heavy atom. The number of carbonyl (C=O) groups excluding carboxylic acids is 3. The molecule has 214 valence electrons. The van der Waals surface area contributed by atoms with E-state index in [-0.39, 0.29) is 25.0 Å². The molecule has 1 spiro atoms. The number of carbonyl (C=O) groups is 3. The van der Waals surface area contributed by atoms with Crippen LogP contribution in [0.4, 0.5) is 5.69 Å². The summed E-state index contributed by atoms with van der Waals surface area (Å²) in [7, 11) is 0. The average Bonchev–Trinajstić information content (AvgIpc) is 3.26.